The molecule has 11 nitrogen and oxygen atoms in total. The van der Waals surface area contributed by atoms with Gasteiger partial charge in [-0.05, 0) is 38.8 Å². The van der Waals surface area contributed by atoms with Gasteiger partial charge in [0, 0.05) is 10.0 Å². The number of carbonyl (C=O) groups is 3. The number of alkyl carbamates (subject to hydrolysis) is 1. The van der Waals surface area contributed by atoms with Crippen molar-refractivity contribution in [2.75, 3.05) is 24.3 Å². The van der Waals surface area contributed by atoms with Crippen molar-refractivity contribution >= 4 is 49.7 Å². The van der Waals surface area contributed by atoms with Gasteiger partial charge in [0.25, 0.3) is 10.1 Å². The maximum absolute atomic E-state index is 16.2. The van der Waals surface area contributed by atoms with Crippen LogP contribution in [0.25, 0.3) is 0 Å². The zero-order valence-electron chi connectivity index (χ0n) is 23.3. The monoisotopic (exact) mass is 700 g/mol. The fraction of sp³-hybridized carbons (Fsp3) is 0.423. The number of carboxylic acids is 1. The van der Waals surface area contributed by atoms with Gasteiger partial charge in [-0.25, -0.2) is 9.18 Å². The molecule has 2 aromatic rings. The summed E-state index contributed by atoms with van der Waals surface area (Å²) in [5, 5.41) is 11.6. The molecule has 238 valence electrons. The lowest BCUT2D eigenvalue weighted by Crippen LogP contribution is -2.45. The molecule has 0 aliphatic rings. The molecule has 43 heavy (non-hydrogen) atoms. The molecule has 0 aromatic heterocycles. The van der Waals surface area contributed by atoms with Crippen molar-refractivity contribution in [1.29, 1.82) is 0 Å². The summed E-state index contributed by atoms with van der Waals surface area (Å²) in [5.41, 5.74) is -2.08. The minimum atomic E-state index is -5.60. The maximum Gasteiger partial charge on any atom is 0.471 e. The van der Waals surface area contributed by atoms with E-state index in [1.807, 2.05) is 0 Å². The van der Waals surface area contributed by atoms with Crippen LogP contribution in [-0.2, 0) is 41.7 Å². The molecule has 0 heterocycles. The minimum absolute atomic E-state index is 0.123. The van der Waals surface area contributed by atoms with Gasteiger partial charge in [-0.1, -0.05) is 46.3 Å². The number of halogens is 5. The molecule has 1 atom stereocenters. The number of alkyl halides is 3. The van der Waals surface area contributed by atoms with E-state index in [2.05, 4.69) is 21.2 Å². The van der Waals surface area contributed by atoms with Gasteiger partial charge in [0.2, 0.25) is 0 Å². The van der Waals surface area contributed by atoms with E-state index in [9.17, 15) is 41.1 Å². The Labute approximate surface area is 253 Å². The summed E-state index contributed by atoms with van der Waals surface area (Å²) >= 11 is 3.10. The van der Waals surface area contributed by atoms with Crippen LogP contribution in [0.1, 0.15) is 31.9 Å². The van der Waals surface area contributed by atoms with Crippen molar-refractivity contribution < 1.29 is 59.1 Å². The molecule has 0 radical (unpaired) electrons. The van der Waals surface area contributed by atoms with Crippen molar-refractivity contribution in [3.05, 3.63) is 57.8 Å². The van der Waals surface area contributed by atoms with Crippen molar-refractivity contribution in [3.63, 3.8) is 0 Å². The summed E-state index contributed by atoms with van der Waals surface area (Å²) < 4.78 is 95.4. The normalized spacial score (nSPS) is 12.8. The number of hydrogen-bond acceptors (Lipinski definition) is 8. The molecule has 0 aliphatic carbocycles. The van der Waals surface area contributed by atoms with Crippen LogP contribution in [0.2, 0.25) is 0 Å². The van der Waals surface area contributed by atoms with Crippen LogP contribution in [0.5, 0.6) is 5.75 Å². The zero-order valence-corrected chi connectivity index (χ0v) is 25.7. The van der Waals surface area contributed by atoms with Crippen LogP contribution < -0.4 is 15.0 Å². The Morgan fingerprint density at radius 1 is 1.12 bits per heavy atom. The summed E-state index contributed by atoms with van der Waals surface area (Å²) in [6.07, 6.45) is -6.55. The molecule has 1 unspecified atom stereocenters. The summed E-state index contributed by atoms with van der Waals surface area (Å²) in [4.78, 5) is 35.9. The van der Waals surface area contributed by atoms with Gasteiger partial charge in [-0.3, -0.25) is 18.7 Å². The predicted molar refractivity (Wildman–Crippen MR) is 149 cm³/mol. The second-order valence-electron chi connectivity index (χ2n) is 10.1. The highest BCUT2D eigenvalue weighted by molar-refractivity contribution is 9.10. The second kappa shape index (κ2) is 14.4. The summed E-state index contributed by atoms with van der Waals surface area (Å²) in [6, 6.07) is 7.85. The molecule has 2 amide bonds. The third kappa shape index (κ3) is 11.6. The van der Waals surface area contributed by atoms with E-state index < -0.39 is 88.3 Å². The fourth-order valence-corrected chi connectivity index (χ4v) is 4.48. The molecule has 0 saturated carbocycles. The van der Waals surface area contributed by atoms with E-state index >= 15 is 4.39 Å². The van der Waals surface area contributed by atoms with Gasteiger partial charge in [0.1, 0.15) is 30.2 Å². The van der Waals surface area contributed by atoms with Gasteiger partial charge in [0.15, 0.2) is 5.82 Å². The van der Waals surface area contributed by atoms with Crippen LogP contribution in [0.15, 0.2) is 40.9 Å². The van der Waals surface area contributed by atoms with Crippen LogP contribution >= 0.6 is 15.9 Å². The molecule has 0 fully saturated rings. The Bertz CT molecular complexity index is 1430. The van der Waals surface area contributed by atoms with Crippen molar-refractivity contribution in [1.82, 2.24) is 5.32 Å². The lowest BCUT2D eigenvalue weighted by molar-refractivity contribution is -0.171. The molecule has 0 bridgehead atoms. The number of amides is 2. The lowest BCUT2D eigenvalue weighted by Gasteiger charge is -2.27. The molecular weight excluding hydrogens is 672 g/mol. The average molecular weight is 701 g/mol. The number of nitrogens with one attached hydrogen (secondary N) is 1. The smallest absolute Gasteiger partial charge is 0.471 e. The third-order valence-corrected chi connectivity index (χ3v) is 6.47. The van der Waals surface area contributed by atoms with Gasteiger partial charge in [0.05, 0.1) is 18.9 Å². The SMILES string of the molecule is CC(C)(C)OC(=O)NC(COS(C)(=O)=O)Cc1c(Br)cc(OCc2ccccc2)c(N(CC(=O)O)C(=O)C(F)(F)F)c1F. The Morgan fingerprint density at radius 3 is 2.23 bits per heavy atom. The zero-order chi connectivity index (χ0) is 32.8. The lowest BCUT2D eigenvalue weighted by atomic mass is 10.0. The fourth-order valence-electron chi connectivity index (χ4n) is 3.53. The van der Waals surface area contributed by atoms with Gasteiger partial charge >= 0.3 is 24.1 Å². The average Bonchev–Trinajstić information content (AvgIpc) is 2.85. The first-order valence-corrected chi connectivity index (χ1v) is 14.9. The van der Waals surface area contributed by atoms with Gasteiger partial charge in [-0.15, -0.1) is 0 Å². The largest absolute Gasteiger partial charge is 0.487 e. The summed E-state index contributed by atoms with van der Waals surface area (Å²) in [7, 11) is -4.07. The van der Waals surface area contributed by atoms with Crippen molar-refractivity contribution in [2.24, 2.45) is 0 Å². The predicted octanol–water partition coefficient (Wildman–Crippen LogP) is 4.56. The highest BCUT2D eigenvalue weighted by atomic mass is 79.9. The molecule has 0 spiro atoms. The summed E-state index contributed by atoms with van der Waals surface area (Å²) in [5.74, 6) is -6.69. The number of benzene rings is 2. The van der Waals surface area contributed by atoms with Gasteiger partial charge in [-0.2, -0.15) is 21.6 Å². The van der Waals surface area contributed by atoms with Crippen LogP contribution in [-0.4, -0.2) is 68.7 Å². The van der Waals surface area contributed by atoms with E-state index in [0.29, 0.717) is 5.56 Å². The molecule has 2 rings (SSSR count). The standard InChI is InChI=1S/C26H29BrF4N2O9S/c1-25(2,3)42-24(37)32-16(14-41-43(4,38)39)10-17-18(27)11-19(40-13-15-8-6-5-7-9-15)22(21(17)28)33(12-20(34)35)23(36)26(29,30)31/h5-9,11,16H,10,12-14H2,1-4H3,(H,32,37)(H,34,35). The number of nitrogens with zero attached hydrogens (tertiary/aromatic N) is 1. The number of hydrogen-bond donors (Lipinski definition) is 2. The molecule has 2 aromatic carbocycles. The number of anilines is 1. The topological polar surface area (TPSA) is 149 Å². The maximum atomic E-state index is 16.2. The minimum Gasteiger partial charge on any atom is -0.487 e. The first-order chi connectivity index (χ1) is 19.7. The Hall–Kier alpha value is -3.44. The van der Waals surface area contributed by atoms with Crippen molar-refractivity contribution in [3.8, 4) is 5.75 Å². The van der Waals surface area contributed by atoms with E-state index in [1.54, 1.807) is 51.1 Å². The molecule has 17 heteroatoms. The molecule has 2 N–H and O–H groups in total. The molecule has 0 saturated heterocycles. The highest BCUT2D eigenvalue weighted by Gasteiger charge is 2.45. The number of ether oxygens (including phenoxy) is 2. The Kier molecular flexibility index (Phi) is 11.9. The van der Waals surface area contributed by atoms with Crippen LogP contribution in [0.4, 0.5) is 28.0 Å². The van der Waals surface area contributed by atoms with E-state index in [-0.39, 0.29) is 16.0 Å². The number of carboxylic acid groups (broad SMARTS) is 1. The quantitative estimate of drug-likeness (QED) is 0.240. The number of carbonyl (C=O) groups excluding carboxylic acids is 2. The highest BCUT2D eigenvalue weighted by Crippen LogP contribution is 2.40. The van der Waals surface area contributed by atoms with E-state index in [0.717, 1.165) is 12.3 Å². The Balaban J connectivity index is 2.67. The van der Waals surface area contributed by atoms with Crippen molar-refractivity contribution in [2.45, 2.75) is 51.6 Å². The van der Waals surface area contributed by atoms with Gasteiger partial charge < -0.3 is 19.9 Å². The van der Waals surface area contributed by atoms with E-state index in [4.69, 9.17) is 13.7 Å². The number of aliphatic carboxylic acids is 1. The van der Waals surface area contributed by atoms with E-state index in [1.165, 1.54) is 0 Å². The first kappa shape index (κ1) is 35.8. The second-order valence-corrected chi connectivity index (χ2v) is 12.6. The van der Waals surface area contributed by atoms with Crippen LogP contribution in [0, 0.1) is 5.82 Å². The number of rotatable bonds is 12. The molecular formula is C26H29BrF4N2O9S. The van der Waals surface area contributed by atoms with Crippen LogP contribution in [0.3, 0.4) is 0 Å². The first-order valence-electron chi connectivity index (χ1n) is 12.3. The molecule has 0 aliphatic heterocycles. The third-order valence-electron chi connectivity index (χ3n) is 5.20. The Morgan fingerprint density at radius 2 is 1.72 bits per heavy atom. The summed E-state index contributed by atoms with van der Waals surface area (Å²) in [6.45, 7) is 1.99.